The van der Waals surface area contributed by atoms with Gasteiger partial charge in [-0.25, -0.2) is 4.98 Å². The highest BCUT2D eigenvalue weighted by Gasteiger charge is 2.30. The smallest absolute Gasteiger partial charge is 0.235 e. The molecule has 110 valence electrons. The molecule has 6 nitrogen and oxygen atoms in total. The molecule has 22 heavy (non-hydrogen) atoms. The number of para-hydroxylation sites is 1. The Kier molecular flexibility index (Phi) is 2.82. The van der Waals surface area contributed by atoms with Crippen molar-refractivity contribution in [1.29, 1.82) is 0 Å². The van der Waals surface area contributed by atoms with E-state index in [1.54, 1.807) is 23.1 Å². The molecule has 1 amide bonds. The van der Waals surface area contributed by atoms with E-state index in [4.69, 9.17) is 4.74 Å². The molecule has 6 heteroatoms. The fourth-order valence-electron chi connectivity index (χ4n) is 2.75. The van der Waals surface area contributed by atoms with Crippen molar-refractivity contribution in [2.24, 2.45) is 7.05 Å². The van der Waals surface area contributed by atoms with Gasteiger partial charge in [-0.1, -0.05) is 18.2 Å². The summed E-state index contributed by atoms with van der Waals surface area (Å²) in [5.41, 5.74) is 2.38. The molecule has 1 N–H and O–H groups in total. The van der Waals surface area contributed by atoms with Crippen LogP contribution in [0.15, 0.2) is 42.7 Å². The third kappa shape index (κ3) is 1.92. The molecule has 0 saturated carbocycles. The Labute approximate surface area is 126 Å². The van der Waals surface area contributed by atoms with Gasteiger partial charge in [-0.2, -0.15) is 5.10 Å². The summed E-state index contributed by atoms with van der Waals surface area (Å²) >= 11 is 0. The Hall–Kier alpha value is -2.89. The molecule has 0 radical (unpaired) electrons. The number of hydrogen-bond acceptors (Lipinski definition) is 4. The number of benzene rings is 1. The number of rotatable bonds is 2. The molecule has 3 heterocycles. The van der Waals surface area contributed by atoms with Gasteiger partial charge in [0.05, 0.1) is 17.3 Å². The van der Waals surface area contributed by atoms with Crippen molar-refractivity contribution in [2.75, 3.05) is 11.9 Å². The van der Waals surface area contributed by atoms with Gasteiger partial charge < -0.3 is 10.1 Å². The highest BCUT2D eigenvalue weighted by Crippen LogP contribution is 2.34. The van der Waals surface area contributed by atoms with Crippen LogP contribution in [0.3, 0.4) is 0 Å². The second-order valence-electron chi connectivity index (χ2n) is 5.25. The number of anilines is 1. The number of carbonyl (C=O) groups is 1. The minimum Gasteiger partial charge on any atom is -0.492 e. The van der Waals surface area contributed by atoms with Crippen LogP contribution < -0.4 is 10.1 Å². The third-order valence-electron chi connectivity index (χ3n) is 3.91. The van der Waals surface area contributed by atoms with Crippen LogP contribution in [-0.4, -0.2) is 27.3 Å². The summed E-state index contributed by atoms with van der Waals surface area (Å²) in [6.07, 6.45) is 3.37. The SMILES string of the molecule is Cn1ncc2c(NC(=O)[C@@H]3COc4ccccc43)ccnc21. The number of aryl methyl sites for hydroxylation is 1. The number of pyridine rings is 1. The molecule has 1 aliphatic heterocycles. The van der Waals surface area contributed by atoms with Gasteiger partial charge in [0.2, 0.25) is 5.91 Å². The van der Waals surface area contributed by atoms with Crippen LogP contribution in [0.4, 0.5) is 5.69 Å². The van der Waals surface area contributed by atoms with E-state index >= 15 is 0 Å². The summed E-state index contributed by atoms with van der Waals surface area (Å²) in [4.78, 5) is 16.9. The fourth-order valence-corrected chi connectivity index (χ4v) is 2.75. The number of aromatic nitrogens is 3. The van der Waals surface area contributed by atoms with Gasteiger partial charge in [0, 0.05) is 18.8 Å². The second-order valence-corrected chi connectivity index (χ2v) is 5.25. The average Bonchev–Trinajstić information content (AvgIpc) is 3.12. The first kappa shape index (κ1) is 12.8. The molecule has 0 unspecified atom stereocenters. The maximum atomic E-state index is 12.6. The lowest BCUT2D eigenvalue weighted by Crippen LogP contribution is -2.22. The maximum absolute atomic E-state index is 12.6. The van der Waals surface area contributed by atoms with Crippen LogP contribution in [0.25, 0.3) is 11.0 Å². The largest absolute Gasteiger partial charge is 0.492 e. The molecular weight excluding hydrogens is 280 g/mol. The lowest BCUT2D eigenvalue weighted by Gasteiger charge is -2.10. The first-order valence-electron chi connectivity index (χ1n) is 7.03. The van der Waals surface area contributed by atoms with E-state index in [-0.39, 0.29) is 11.8 Å². The van der Waals surface area contributed by atoms with Crippen molar-refractivity contribution in [2.45, 2.75) is 5.92 Å². The van der Waals surface area contributed by atoms with Crippen molar-refractivity contribution in [1.82, 2.24) is 14.8 Å². The standard InChI is InChI=1S/C16H14N4O2/c1-20-15-11(8-18-20)13(6-7-17-15)19-16(21)12-9-22-14-5-3-2-4-10(12)14/h2-8,12H,9H2,1H3,(H,17,19,21)/t12-/m1/s1. The molecule has 0 spiro atoms. The van der Waals surface area contributed by atoms with Crippen LogP contribution in [0.5, 0.6) is 5.75 Å². The van der Waals surface area contributed by atoms with Gasteiger partial charge in [0.25, 0.3) is 0 Å². The molecular formula is C16H14N4O2. The van der Waals surface area contributed by atoms with E-state index < -0.39 is 0 Å². The summed E-state index contributed by atoms with van der Waals surface area (Å²) in [5, 5.41) is 7.97. The summed E-state index contributed by atoms with van der Waals surface area (Å²) in [6, 6.07) is 9.41. The Bertz CT molecular complexity index is 871. The molecule has 3 aromatic rings. The predicted octanol–water partition coefficient (Wildman–Crippen LogP) is 2.08. The molecule has 2 aromatic heterocycles. The number of ether oxygens (including phenoxy) is 1. The summed E-state index contributed by atoms with van der Waals surface area (Å²) < 4.78 is 7.25. The van der Waals surface area contributed by atoms with E-state index in [1.165, 1.54) is 0 Å². The van der Waals surface area contributed by atoms with Gasteiger partial charge in [-0.15, -0.1) is 0 Å². The number of hydrogen-bond donors (Lipinski definition) is 1. The Morgan fingerprint density at radius 2 is 2.23 bits per heavy atom. The lowest BCUT2D eigenvalue weighted by atomic mass is 10.0. The van der Waals surface area contributed by atoms with Crippen LogP contribution in [0.1, 0.15) is 11.5 Å². The van der Waals surface area contributed by atoms with Crippen molar-refractivity contribution in [3.05, 3.63) is 48.3 Å². The third-order valence-corrected chi connectivity index (χ3v) is 3.91. The lowest BCUT2D eigenvalue weighted by molar-refractivity contribution is -0.117. The topological polar surface area (TPSA) is 69.0 Å². The zero-order chi connectivity index (χ0) is 15.1. The number of fused-ring (bicyclic) bond motifs is 2. The Morgan fingerprint density at radius 1 is 1.36 bits per heavy atom. The van der Waals surface area contributed by atoms with Crippen molar-refractivity contribution >= 4 is 22.6 Å². The fraction of sp³-hybridized carbons (Fsp3) is 0.188. The number of nitrogens with one attached hydrogen (secondary N) is 1. The van der Waals surface area contributed by atoms with Gasteiger partial charge in [0.15, 0.2) is 5.65 Å². The first-order chi connectivity index (χ1) is 10.7. The van der Waals surface area contributed by atoms with E-state index in [0.29, 0.717) is 12.3 Å². The number of amides is 1. The Morgan fingerprint density at radius 3 is 3.14 bits per heavy atom. The van der Waals surface area contributed by atoms with Crippen molar-refractivity contribution in [3.63, 3.8) is 0 Å². The van der Waals surface area contributed by atoms with Crippen LogP contribution >= 0.6 is 0 Å². The quantitative estimate of drug-likeness (QED) is 0.785. The van der Waals surface area contributed by atoms with Gasteiger partial charge in [-0.3, -0.25) is 9.48 Å². The van der Waals surface area contributed by atoms with Crippen LogP contribution in [0, 0.1) is 0 Å². The zero-order valence-corrected chi connectivity index (χ0v) is 12.0. The molecule has 0 aliphatic carbocycles. The first-order valence-corrected chi connectivity index (χ1v) is 7.03. The summed E-state index contributed by atoms with van der Waals surface area (Å²) in [5.74, 6) is 0.404. The van der Waals surface area contributed by atoms with E-state index in [1.807, 2.05) is 31.3 Å². The van der Waals surface area contributed by atoms with Crippen LogP contribution in [-0.2, 0) is 11.8 Å². The molecule has 0 fully saturated rings. The van der Waals surface area contributed by atoms with E-state index in [2.05, 4.69) is 15.4 Å². The average molecular weight is 294 g/mol. The van der Waals surface area contributed by atoms with Crippen molar-refractivity contribution < 1.29 is 9.53 Å². The number of nitrogens with zero attached hydrogens (tertiary/aromatic N) is 3. The zero-order valence-electron chi connectivity index (χ0n) is 12.0. The molecule has 0 saturated heterocycles. The van der Waals surface area contributed by atoms with E-state index in [0.717, 1.165) is 22.3 Å². The van der Waals surface area contributed by atoms with Crippen LogP contribution in [0.2, 0.25) is 0 Å². The normalized spacial score (nSPS) is 16.3. The summed E-state index contributed by atoms with van der Waals surface area (Å²) in [6.45, 7) is 0.368. The Balaban J connectivity index is 1.65. The molecule has 1 atom stereocenters. The second kappa shape index (κ2) is 4.84. The summed E-state index contributed by atoms with van der Waals surface area (Å²) in [7, 11) is 1.82. The van der Waals surface area contributed by atoms with Gasteiger partial charge in [-0.05, 0) is 12.1 Å². The minimum atomic E-state index is -0.295. The van der Waals surface area contributed by atoms with Gasteiger partial charge >= 0.3 is 0 Å². The molecule has 4 rings (SSSR count). The van der Waals surface area contributed by atoms with Gasteiger partial charge in [0.1, 0.15) is 18.3 Å². The number of carbonyl (C=O) groups excluding carboxylic acids is 1. The molecule has 1 aromatic carbocycles. The monoisotopic (exact) mass is 294 g/mol. The highest BCUT2D eigenvalue weighted by molar-refractivity contribution is 6.03. The minimum absolute atomic E-state index is 0.0821. The molecule has 1 aliphatic rings. The predicted molar refractivity (Wildman–Crippen MR) is 81.8 cm³/mol. The van der Waals surface area contributed by atoms with Crippen molar-refractivity contribution in [3.8, 4) is 5.75 Å². The maximum Gasteiger partial charge on any atom is 0.235 e. The molecule has 0 bridgehead atoms. The van der Waals surface area contributed by atoms with E-state index in [9.17, 15) is 4.79 Å². The highest BCUT2D eigenvalue weighted by atomic mass is 16.5.